The van der Waals surface area contributed by atoms with Crippen molar-refractivity contribution in [2.24, 2.45) is 0 Å². The Hall–Kier alpha value is -1.13. The van der Waals surface area contributed by atoms with Crippen LogP contribution in [0.15, 0.2) is 42.5 Å². The Labute approximate surface area is 145 Å². The van der Waals surface area contributed by atoms with Crippen LogP contribution in [0.25, 0.3) is 0 Å². The number of rotatable bonds is 9. The first-order valence-corrected chi connectivity index (χ1v) is 7.74. The average Bonchev–Trinajstić information content (AvgIpc) is 2.51. The zero-order valence-corrected chi connectivity index (χ0v) is 15.6. The number of hydrogen-bond acceptors (Lipinski definition) is 2. The minimum Gasteiger partial charge on any atom is -1.00 e. The maximum Gasteiger partial charge on any atom is 0.333 e. The summed E-state index contributed by atoms with van der Waals surface area (Å²) >= 11 is 0. The van der Waals surface area contributed by atoms with Gasteiger partial charge in [0.1, 0.15) is 6.54 Å². The van der Waals surface area contributed by atoms with Gasteiger partial charge in [-0.3, -0.25) is 0 Å². The number of carbonyl (C=O) groups is 1. The Bertz CT molecular complexity index is 455. The molecule has 1 rings (SSSR count). The summed E-state index contributed by atoms with van der Waals surface area (Å²) < 4.78 is 6.21. The van der Waals surface area contributed by atoms with E-state index in [1.54, 1.807) is 6.92 Å². The first-order valence-electron chi connectivity index (χ1n) is 7.74. The molecule has 0 amide bonds. The van der Waals surface area contributed by atoms with E-state index in [-0.39, 0.29) is 23.0 Å². The van der Waals surface area contributed by atoms with Gasteiger partial charge in [0.05, 0.1) is 26.2 Å². The molecule has 0 saturated heterocycles. The molecule has 0 aliphatic rings. The van der Waals surface area contributed by atoms with E-state index in [0.29, 0.717) is 12.2 Å². The molecule has 0 aliphatic heterocycles. The van der Waals surface area contributed by atoms with Crippen molar-refractivity contribution < 1.29 is 31.0 Å². The Morgan fingerprint density at radius 3 is 2.27 bits per heavy atom. The molecule has 0 aromatic heterocycles. The largest absolute Gasteiger partial charge is 1.00 e. The highest BCUT2D eigenvalue weighted by Gasteiger charge is 2.23. The molecule has 4 heteroatoms. The molecular formula is C18H28BrNO2. The Kier molecular flexibility index (Phi) is 10.0. The summed E-state index contributed by atoms with van der Waals surface area (Å²) in [5.74, 6) is -0.288. The topological polar surface area (TPSA) is 26.3 Å². The van der Waals surface area contributed by atoms with Crippen molar-refractivity contribution in [3.8, 4) is 0 Å². The third kappa shape index (κ3) is 6.75. The van der Waals surface area contributed by atoms with Gasteiger partial charge in [-0.15, -0.1) is 0 Å². The van der Waals surface area contributed by atoms with Crippen LogP contribution in [0.3, 0.4) is 0 Å². The fourth-order valence-electron chi connectivity index (χ4n) is 2.50. The van der Waals surface area contributed by atoms with Gasteiger partial charge in [-0.1, -0.05) is 36.9 Å². The predicted octanol–water partition coefficient (Wildman–Crippen LogP) is 0.557. The van der Waals surface area contributed by atoms with Gasteiger partial charge in [-0.05, 0) is 20.8 Å². The van der Waals surface area contributed by atoms with Crippen LogP contribution in [0.1, 0.15) is 32.8 Å². The van der Waals surface area contributed by atoms with Gasteiger partial charge in [0, 0.05) is 17.6 Å². The molecule has 0 aliphatic carbocycles. The summed E-state index contributed by atoms with van der Waals surface area (Å²) in [5, 5.41) is 0. The van der Waals surface area contributed by atoms with Gasteiger partial charge in [-0.2, -0.15) is 0 Å². The number of nitrogens with zero attached hydrogens (tertiary/aromatic N) is 1. The van der Waals surface area contributed by atoms with E-state index in [0.717, 1.165) is 37.1 Å². The van der Waals surface area contributed by atoms with E-state index >= 15 is 0 Å². The first-order chi connectivity index (χ1) is 10.0. The molecule has 0 heterocycles. The Morgan fingerprint density at radius 2 is 1.77 bits per heavy atom. The number of ether oxygens (including phenoxy) is 1. The lowest BCUT2D eigenvalue weighted by Gasteiger charge is -2.37. The predicted molar refractivity (Wildman–Crippen MR) is 86.7 cm³/mol. The van der Waals surface area contributed by atoms with E-state index in [1.165, 1.54) is 5.56 Å². The van der Waals surface area contributed by atoms with Crippen LogP contribution in [0.4, 0.5) is 0 Å². The molecule has 0 N–H and O–H groups in total. The summed E-state index contributed by atoms with van der Waals surface area (Å²) in [6.45, 7) is 14.4. The molecule has 0 fully saturated rings. The maximum absolute atomic E-state index is 11.4. The van der Waals surface area contributed by atoms with Gasteiger partial charge >= 0.3 is 5.97 Å². The molecular weight excluding hydrogens is 342 g/mol. The summed E-state index contributed by atoms with van der Waals surface area (Å²) in [6.07, 6.45) is 0.882. The molecule has 0 atom stereocenters. The molecule has 22 heavy (non-hydrogen) atoms. The van der Waals surface area contributed by atoms with E-state index in [1.807, 2.05) is 6.07 Å². The number of carbonyl (C=O) groups excluding carboxylic acids is 1. The number of quaternary nitrogens is 1. The van der Waals surface area contributed by atoms with Crippen molar-refractivity contribution in [1.82, 2.24) is 0 Å². The second-order valence-corrected chi connectivity index (χ2v) is 5.61. The summed E-state index contributed by atoms with van der Waals surface area (Å²) in [6, 6.07) is 10.6. The van der Waals surface area contributed by atoms with E-state index in [2.05, 4.69) is 44.7 Å². The molecule has 124 valence electrons. The maximum atomic E-state index is 11.4. The second kappa shape index (κ2) is 10.6. The molecule has 1 aromatic carbocycles. The van der Waals surface area contributed by atoms with Crippen molar-refractivity contribution in [3.05, 3.63) is 48.0 Å². The number of benzene rings is 1. The number of esters is 1. The van der Waals surface area contributed by atoms with E-state index in [9.17, 15) is 4.79 Å². The van der Waals surface area contributed by atoms with Crippen molar-refractivity contribution in [2.75, 3.05) is 26.2 Å². The molecule has 0 unspecified atom stereocenters. The monoisotopic (exact) mass is 369 g/mol. The van der Waals surface area contributed by atoms with Gasteiger partial charge in [0.2, 0.25) is 0 Å². The lowest BCUT2D eigenvalue weighted by atomic mass is 10.1. The third-order valence-electron chi connectivity index (χ3n) is 4.06. The fourth-order valence-corrected chi connectivity index (χ4v) is 2.50. The van der Waals surface area contributed by atoms with Crippen LogP contribution in [0, 0.1) is 0 Å². The highest BCUT2D eigenvalue weighted by Crippen LogP contribution is 2.15. The molecule has 3 nitrogen and oxygen atoms in total. The van der Waals surface area contributed by atoms with Crippen LogP contribution < -0.4 is 17.0 Å². The van der Waals surface area contributed by atoms with Crippen molar-refractivity contribution in [2.45, 2.75) is 33.7 Å². The minimum absolute atomic E-state index is 0. The quantitative estimate of drug-likeness (QED) is 0.275. The van der Waals surface area contributed by atoms with Crippen LogP contribution in [-0.2, 0) is 16.1 Å². The van der Waals surface area contributed by atoms with E-state index < -0.39 is 0 Å². The lowest BCUT2D eigenvalue weighted by molar-refractivity contribution is -0.938. The number of halogens is 1. The minimum atomic E-state index is -0.288. The Morgan fingerprint density at radius 1 is 1.18 bits per heavy atom. The first kappa shape index (κ1) is 20.9. The van der Waals surface area contributed by atoms with Gasteiger partial charge in [0.25, 0.3) is 0 Å². The third-order valence-corrected chi connectivity index (χ3v) is 4.06. The SMILES string of the molecule is C=C(C)C(=O)OCCC[N+](CC)(CC)Cc1ccccc1.[Br-]. The molecule has 0 radical (unpaired) electrons. The van der Waals surface area contributed by atoms with Gasteiger partial charge in [-0.25, -0.2) is 4.79 Å². The smallest absolute Gasteiger partial charge is 0.333 e. The van der Waals surface area contributed by atoms with Crippen molar-refractivity contribution >= 4 is 5.97 Å². The van der Waals surface area contributed by atoms with Crippen molar-refractivity contribution in [3.63, 3.8) is 0 Å². The standard InChI is InChI=1S/C18H28NO2.BrH/c1-5-19(6-2,15-17-11-8-7-9-12-17)13-10-14-21-18(20)16(3)4;/h7-9,11-12H,3,5-6,10,13-15H2,1-2,4H3;1H/q+1;/p-1. The van der Waals surface area contributed by atoms with Crippen LogP contribution in [0.2, 0.25) is 0 Å². The number of hydrogen-bond donors (Lipinski definition) is 0. The van der Waals surface area contributed by atoms with Crippen molar-refractivity contribution in [1.29, 1.82) is 0 Å². The zero-order valence-electron chi connectivity index (χ0n) is 14.0. The normalized spacial score (nSPS) is 10.7. The highest BCUT2D eigenvalue weighted by atomic mass is 79.9. The highest BCUT2D eigenvalue weighted by molar-refractivity contribution is 5.86. The van der Waals surface area contributed by atoms with Crippen LogP contribution in [0.5, 0.6) is 0 Å². The summed E-state index contributed by atoms with van der Waals surface area (Å²) in [4.78, 5) is 11.4. The molecule has 0 saturated carbocycles. The Balaban J connectivity index is 0.00000441. The fraction of sp³-hybridized carbons (Fsp3) is 0.500. The van der Waals surface area contributed by atoms with Gasteiger partial charge in [0.15, 0.2) is 0 Å². The molecule has 1 aromatic rings. The molecule has 0 spiro atoms. The molecule has 0 bridgehead atoms. The van der Waals surface area contributed by atoms with Crippen LogP contribution >= 0.6 is 0 Å². The zero-order chi connectivity index (χ0) is 15.7. The van der Waals surface area contributed by atoms with E-state index in [4.69, 9.17) is 4.74 Å². The second-order valence-electron chi connectivity index (χ2n) is 5.61. The van der Waals surface area contributed by atoms with Crippen LogP contribution in [-0.4, -0.2) is 36.7 Å². The average molecular weight is 370 g/mol. The summed E-state index contributed by atoms with van der Waals surface area (Å²) in [5.41, 5.74) is 1.83. The lowest BCUT2D eigenvalue weighted by Crippen LogP contribution is -3.00. The summed E-state index contributed by atoms with van der Waals surface area (Å²) in [7, 11) is 0. The van der Waals surface area contributed by atoms with Gasteiger partial charge < -0.3 is 26.2 Å².